The van der Waals surface area contributed by atoms with E-state index >= 15 is 0 Å². The molecule has 0 aliphatic heterocycles. The van der Waals surface area contributed by atoms with Gasteiger partial charge in [0.1, 0.15) is 6.10 Å². The summed E-state index contributed by atoms with van der Waals surface area (Å²) in [5.41, 5.74) is 2.30. The normalized spacial score (nSPS) is 17.2. The molecule has 2 heteroatoms. The van der Waals surface area contributed by atoms with Crippen LogP contribution in [0.4, 0.5) is 0 Å². The minimum absolute atomic E-state index is 0.417. The average Bonchev–Trinajstić information content (AvgIpc) is 2.37. The molecular weight excluding hydrogens is 236 g/mol. The molecule has 1 aromatic rings. The minimum Gasteiger partial charge on any atom is -0.386 e. The minimum atomic E-state index is -0.489. The SMILES string of the molecule is CCCc1ccc(C(O)COCCC2CCC2)cc1. The topological polar surface area (TPSA) is 29.5 Å². The van der Waals surface area contributed by atoms with Gasteiger partial charge in [-0.2, -0.15) is 0 Å². The summed E-state index contributed by atoms with van der Waals surface area (Å²) in [4.78, 5) is 0. The molecule has 0 bridgehead atoms. The standard InChI is InChI=1S/C17H26O2/c1-2-4-14-7-9-16(10-8-14)17(18)13-19-12-11-15-5-3-6-15/h7-10,15,17-18H,2-6,11-13H2,1H3. The number of rotatable bonds is 8. The second-order valence-electron chi connectivity index (χ2n) is 5.67. The van der Waals surface area contributed by atoms with E-state index in [1.54, 1.807) is 0 Å². The van der Waals surface area contributed by atoms with E-state index in [1.165, 1.54) is 24.8 Å². The Morgan fingerprint density at radius 3 is 2.58 bits per heavy atom. The Morgan fingerprint density at radius 1 is 1.26 bits per heavy atom. The Kier molecular flexibility index (Phi) is 5.87. The van der Waals surface area contributed by atoms with Crippen LogP contribution in [0.1, 0.15) is 56.3 Å². The quantitative estimate of drug-likeness (QED) is 0.720. The van der Waals surface area contributed by atoms with Crippen LogP contribution in [0.25, 0.3) is 0 Å². The molecule has 0 radical (unpaired) electrons. The Bertz CT molecular complexity index is 354. The molecule has 1 atom stereocenters. The van der Waals surface area contributed by atoms with Crippen molar-refractivity contribution < 1.29 is 9.84 Å². The van der Waals surface area contributed by atoms with E-state index in [0.717, 1.165) is 37.4 Å². The molecule has 0 amide bonds. The summed E-state index contributed by atoms with van der Waals surface area (Å²) in [6.07, 6.45) is 7.05. The zero-order chi connectivity index (χ0) is 13.5. The smallest absolute Gasteiger partial charge is 0.102 e. The third-order valence-corrected chi connectivity index (χ3v) is 4.07. The van der Waals surface area contributed by atoms with Crippen molar-refractivity contribution in [3.8, 4) is 0 Å². The van der Waals surface area contributed by atoms with Gasteiger partial charge in [-0.25, -0.2) is 0 Å². The number of hydrogen-bond acceptors (Lipinski definition) is 2. The average molecular weight is 262 g/mol. The lowest BCUT2D eigenvalue weighted by atomic mass is 9.83. The molecule has 1 aromatic carbocycles. The molecule has 0 aromatic heterocycles. The maximum Gasteiger partial charge on any atom is 0.102 e. The van der Waals surface area contributed by atoms with Gasteiger partial charge in [0.15, 0.2) is 0 Å². The summed E-state index contributed by atoms with van der Waals surface area (Å²) in [5, 5.41) is 10.1. The fourth-order valence-electron chi connectivity index (χ4n) is 2.52. The van der Waals surface area contributed by atoms with Crippen LogP contribution in [-0.4, -0.2) is 18.3 Å². The summed E-state index contributed by atoms with van der Waals surface area (Å²) in [6, 6.07) is 8.25. The van der Waals surface area contributed by atoms with Crippen LogP contribution in [0.15, 0.2) is 24.3 Å². The predicted octanol–water partition coefficient (Wildman–Crippen LogP) is 3.88. The first-order valence-electron chi connectivity index (χ1n) is 7.64. The van der Waals surface area contributed by atoms with E-state index in [4.69, 9.17) is 4.74 Å². The lowest BCUT2D eigenvalue weighted by molar-refractivity contribution is 0.0266. The van der Waals surface area contributed by atoms with E-state index in [2.05, 4.69) is 19.1 Å². The summed E-state index contributed by atoms with van der Waals surface area (Å²) in [7, 11) is 0. The van der Waals surface area contributed by atoms with E-state index in [-0.39, 0.29) is 0 Å². The number of hydrogen-bond donors (Lipinski definition) is 1. The van der Waals surface area contributed by atoms with Crippen molar-refractivity contribution in [3.05, 3.63) is 35.4 Å². The molecule has 1 unspecified atom stereocenters. The summed E-state index contributed by atoms with van der Waals surface area (Å²) in [6.45, 7) is 3.38. The molecule has 0 saturated heterocycles. The van der Waals surface area contributed by atoms with Gasteiger partial charge in [-0.1, -0.05) is 56.9 Å². The molecule has 1 fully saturated rings. The number of aliphatic hydroxyl groups excluding tert-OH is 1. The highest BCUT2D eigenvalue weighted by atomic mass is 16.5. The monoisotopic (exact) mass is 262 g/mol. The van der Waals surface area contributed by atoms with Gasteiger partial charge in [-0.3, -0.25) is 0 Å². The van der Waals surface area contributed by atoms with Gasteiger partial charge in [-0.05, 0) is 29.9 Å². The van der Waals surface area contributed by atoms with Crippen molar-refractivity contribution >= 4 is 0 Å². The lowest BCUT2D eigenvalue weighted by Gasteiger charge is -2.25. The van der Waals surface area contributed by atoms with Gasteiger partial charge in [0.2, 0.25) is 0 Å². The van der Waals surface area contributed by atoms with Crippen LogP contribution in [0.2, 0.25) is 0 Å². The fraction of sp³-hybridized carbons (Fsp3) is 0.647. The molecule has 2 rings (SSSR count). The highest BCUT2D eigenvalue weighted by molar-refractivity contribution is 5.24. The first kappa shape index (κ1) is 14.5. The van der Waals surface area contributed by atoms with Gasteiger partial charge in [0, 0.05) is 6.61 Å². The molecule has 19 heavy (non-hydrogen) atoms. The number of aryl methyl sites for hydroxylation is 1. The first-order valence-corrected chi connectivity index (χ1v) is 7.64. The van der Waals surface area contributed by atoms with Crippen molar-refractivity contribution in [1.82, 2.24) is 0 Å². The van der Waals surface area contributed by atoms with E-state index in [0.29, 0.717) is 6.61 Å². The van der Waals surface area contributed by atoms with E-state index in [1.807, 2.05) is 12.1 Å². The molecule has 0 heterocycles. The molecule has 1 N–H and O–H groups in total. The summed E-state index contributed by atoms with van der Waals surface area (Å²) < 4.78 is 5.58. The Morgan fingerprint density at radius 2 is 2.00 bits per heavy atom. The van der Waals surface area contributed by atoms with Gasteiger partial charge in [-0.15, -0.1) is 0 Å². The van der Waals surface area contributed by atoms with Crippen molar-refractivity contribution in [3.63, 3.8) is 0 Å². The van der Waals surface area contributed by atoms with Gasteiger partial charge in [0.05, 0.1) is 6.61 Å². The largest absolute Gasteiger partial charge is 0.386 e. The zero-order valence-electron chi connectivity index (χ0n) is 12.0. The first-order chi connectivity index (χ1) is 9.29. The van der Waals surface area contributed by atoms with Gasteiger partial charge >= 0.3 is 0 Å². The van der Waals surface area contributed by atoms with Crippen LogP contribution < -0.4 is 0 Å². The van der Waals surface area contributed by atoms with Crippen LogP contribution in [0.5, 0.6) is 0 Å². The third-order valence-electron chi connectivity index (χ3n) is 4.07. The lowest BCUT2D eigenvalue weighted by Crippen LogP contribution is -2.15. The van der Waals surface area contributed by atoms with Crippen molar-refractivity contribution in [2.24, 2.45) is 5.92 Å². The Hall–Kier alpha value is -0.860. The maximum atomic E-state index is 10.1. The second kappa shape index (κ2) is 7.66. The molecule has 1 saturated carbocycles. The Labute approximate surface area is 116 Å². The summed E-state index contributed by atoms with van der Waals surface area (Å²) in [5.74, 6) is 0.880. The van der Waals surface area contributed by atoms with Gasteiger partial charge < -0.3 is 9.84 Å². The zero-order valence-corrected chi connectivity index (χ0v) is 12.0. The van der Waals surface area contributed by atoms with Gasteiger partial charge in [0.25, 0.3) is 0 Å². The van der Waals surface area contributed by atoms with Crippen LogP contribution >= 0.6 is 0 Å². The van der Waals surface area contributed by atoms with E-state index in [9.17, 15) is 5.11 Å². The number of aliphatic hydroxyl groups is 1. The van der Waals surface area contributed by atoms with Crippen LogP contribution in [0.3, 0.4) is 0 Å². The number of ether oxygens (including phenoxy) is 1. The van der Waals surface area contributed by atoms with Crippen molar-refractivity contribution in [1.29, 1.82) is 0 Å². The molecule has 1 aliphatic rings. The molecule has 1 aliphatic carbocycles. The highest BCUT2D eigenvalue weighted by Gasteiger charge is 2.17. The molecule has 0 spiro atoms. The number of benzene rings is 1. The van der Waals surface area contributed by atoms with Crippen molar-refractivity contribution in [2.45, 2.75) is 51.6 Å². The molecule has 106 valence electrons. The third kappa shape index (κ3) is 4.63. The van der Waals surface area contributed by atoms with Crippen LogP contribution in [0, 0.1) is 5.92 Å². The summed E-state index contributed by atoms with van der Waals surface area (Å²) >= 11 is 0. The molecule has 2 nitrogen and oxygen atoms in total. The maximum absolute atomic E-state index is 10.1. The Balaban J connectivity index is 1.67. The molecular formula is C17H26O2. The predicted molar refractivity (Wildman–Crippen MR) is 78.2 cm³/mol. The fourth-order valence-corrected chi connectivity index (χ4v) is 2.52. The second-order valence-corrected chi connectivity index (χ2v) is 5.67. The highest BCUT2D eigenvalue weighted by Crippen LogP contribution is 2.29. The van der Waals surface area contributed by atoms with E-state index < -0.39 is 6.10 Å². The van der Waals surface area contributed by atoms with Crippen LogP contribution in [-0.2, 0) is 11.2 Å². The van der Waals surface area contributed by atoms with Crippen molar-refractivity contribution in [2.75, 3.05) is 13.2 Å².